The number of imidazole rings is 1. The van der Waals surface area contributed by atoms with E-state index in [1.54, 1.807) is 11.3 Å². The molecule has 1 aliphatic heterocycles. The summed E-state index contributed by atoms with van der Waals surface area (Å²) in [5, 5.41) is 9.71. The van der Waals surface area contributed by atoms with Crippen LogP contribution >= 0.6 is 11.3 Å². The molecule has 3 aromatic heterocycles. The molecule has 8 heteroatoms. The largest absolute Gasteiger partial charge is 0.346 e. The third kappa shape index (κ3) is 2.29. The van der Waals surface area contributed by atoms with Crippen molar-refractivity contribution in [3.8, 4) is 0 Å². The second-order valence-electron chi connectivity index (χ2n) is 5.45. The fourth-order valence-electron chi connectivity index (χ4n) is 2.77. The van der Waals surface area contributed by atoms with Crippen LogP contribution in [0.2, 0.25) is 0 Å². The lowest BCUT2D eigenvalue weighted by Gasteiger charge is -2.30. The highest BCUT2D eigenvalue weighted by atomic mass is 32.1. The van der Waals surface area contributed by atoms with Gasteiger partial charge in [0.15, 0.2) is 5.82 Å². The minimum absolute atomic E-state index is 0.314. The Bertz CT molecular complexity index is 743. The molecule has 0 radical (unpaired) electrons. The third-order valence-corrected chi connectivity index (χ3v) is 4.74. The number of nitrogens with zero attached hydrogens (tertiary/aromatic N) is 6. The molecule has 4 rings (SSSR count). The van der Waals surface area contributed by atoms with Crippen LogP contribution < -0.4 is 4.90 Å². The van der Waals surface area contributed by atoms with Gasteiger partial charge in [-0.25, -0.2) is 9.50 Å². The second-order valence-corrected chi connectivity index (χ2v) is 6.39. The Labute approximate surface area is 125 Å². The van der Waals surface area contributed by atoms with Gasteiger partial charge in [0.1, 0.15) is 0 Å². The highest BCUT2D eigenvalue weighted by molar-refractivity contribution is 7.20. The molecule has 7 nitrogen and oxygen atoms in total. The van der Waals surface area contributed by atoms with Gasteiger partial charge >= 0.3 is 0 Å². The van der Waals surface area contributed by atoms with E-state index in [9.17, 15) is 0 Å². The molecule has 0 amide bonds. The monoisotopic (exact) mass is 304 g/mol. The zero-order valence-electron chi connectivity index (χ0n) is 12.0. The van der Waals surface area contributed by atoms with Gasteiger partial charge in [0.05, 0.1) is 11.9 Å². The highest BCUT2D eigenvalue weighted by Gasteiger charge is 2.27. The molecule has 0 N–H and O–H groups in total. The average Bonchev–Trinajstić information content (AvgIpc) is 3.13. The number of aryl methyl sites for hydroxylation is 2. The number of hydrogen-bond acceptors (Lipinski definition) is 7. The van der Waals surface area contributed by atoms with Crippen molar-refractivity contribution in [1.82, 2.24) is 24.7 Å². The first kappa shape index (κ1) is 12.8. The van der Waals surface area contributed by atoms with E-state index in [1.165, 1.54) is 0 Å². The van der Waals surface area contributed by atoms with Gasteiger partial charge in [0, 0.05) is 25.9 Å². The summed E-state index contributed by atoms with van der Waals surface area (Å²) in [6, 6.07) is 0. The van der Waals surface area contributed by atoms with E-state index < -0.39 is 0 Å². The lowest BCUT2D eigenvalue weighted by molar-refractivity contribution is 0.377. The minimum Gasteiger partial charge on any atom is -0.346 e. The van der Waals surface area contributed by atoms with E-state index in [0.29, 0.717) is 11.8 Å². The van der Waals surface area contributed by atoms with Gasteiger partial charge in [-0.1, -0.05) is 16.5 Å². The van der Waals surface area contributed by atoms with Crippen LogP contribution in [0.5, 0.6) is 0 Å². The molecule has 0 aliphatic carbocycles. The van der Waals surface area contributed by atoms with E-state index in [2.05, 4.69) is 25.1 Å². The summed E-state index contributed by atoms with van der Waals surface area (Å²) in [7, 11) is 0. The van der Waals surface area contributed by atoms with Crippen molar-refractivity contribution >= 4 is 21.4 Å². The molecule has 1 aliphatic rings. The predicted molar refractivity (Wildman–Crippen MR) is 78.8 cm³/mol. The van der Waals surface area contributed by atoms with Crippen molar-refractivity contribution in [1.29, 1.82) is 0 Å². The van der Waals surface area contributed by atoms with Gasteiger partial charge in [0.25, 0.3) is 0 Å². The van der Waals surface area contributed by atoms with Gasteiger partial charge in [-0.15, -0.1) is 5.10 Å². The molecule has 3 aromatic rings. The van der Waals surface area contributed by atoms with Crippen molar-refractivity contribution in [2.45, 2.75) is 32.6 Å². The molecule has 0 spiro atoms. The predicted octanol–water partition coefficient (Wildman–Crippen LogP) is 2.17. The first-order valence-electron chi connectivity index (χ1n) is 7.07. The smallest absolute Gasteiger partial charge is 0.223 e. The Morgan fingerprint density at radius 1 is 1.33 bits per heavy atom. The molecule has 1 atom stereocenters. The number of aromatic nitrogens is 5. The van der Waals surface area contributed by atoms with E-state index in [0.717, 1.165) is 47.5 Å². The standard InChI is InChI=1S/C13H16N6OS/c1-8-6-19-12(14-8)21-13(16-19)18-5-3-4-10(7-18)11-15-9(2)20-17-11/h6,10H,3-5,7H2,1-2H3. The topological polar surface area (TPSA) is 72.3 Å². The van der Waals surface area contributed by atoms with E-state index in [4.69, 9.17) is 4.52 Å². The van der Waals surface area contributed by atoms with Gasteiger partial charge in [0.2, 0.25) is 16.0 Å². The average molecular weight is 304 g/mol. The number of hydrogen-bond donors (Lipinski definition) is 0. The molecule has 1 fully saturated rings. The van der Waals surface area contributed by atoms with E-state index in [-0.39, 0.29) is 0 Å². The maximum Gasteiger partial charge on any atom is 0.223 e. The van der Waals surface area contributed by atoms with Crippen LogP contribution in [0.3, 0.4) is 0 Å². The molecule has 21 heavy (non-hydrogen) atoms. The van der Waals surface area contributed by atoms with Crippen molar-refractivity contribution < 1.29 is 4.52 Å². The molecule has 0 aromatic carbocycles. The van der Waals surface area contributed by atoms with Crippen molar-refractivity contribution in [3.63, 3.8) is 0 Å². The van der Waals surface area contributed by atoms with Gasteiger partial charge < -0.3 is 9.42 Å². The van der Waals surface area contributed by atoms with Crippen LogP contribution in [-0.4, -0.2) is 37.8 Å². The van der Waals surface area contributed by atoms with Gasteiger partial charge in [-0.3, -0.25) is 0 Å². The van der Waals surface area contributed by atoms with Crippen LogP contribution in [-0.2, 0) is 0 Å². The zero-order chi connectivity index (χ0) is 14.4. The van der Waals surface area contributed by atoms with Crippen molar-refractivity contribution in [3.05, 3.63) is 23.6 Å². The second kappa shape index (κ2) is 4.80. The van der Waals surface area contributed by atoms with E-state index in [1.807, 2.05) is 24.6 Å². The maximum absolute atomic E-state index is 5.10. The van der Waals surface area contributed by atoms with Crippen molar-refractivity contribution in [2.24, 2.45) is 0 Å². The van der Waals surface area contributed by atoms with Crippen LogP contribution in [0.15, 0.2) is 10.7 Å². The first-order valence-corrected chi connectivity index (χ1v) is 7.88. The van der Waals surface area contributed by atoms with Gasteiger partial charge in [-0.05, 0) is 19.8 Å². The molecular formula is C13H16N6OS. The quantitative estimate of drug-likeness (QED) is 0.722. The Hall–Kier alpha value is -1.96. The van der Waals surface area contributed by atoms with Crippen LogP contribution in [0.4, 0.5) is 5.13 Å². The van der Waals surface area contributed by atoms with Crippen molar-refractivity contribution in [2.75, 3.05) is 18.0 Å². The first-order chi connectivity index (χ1) is 10.2. The number of rotatable bonds is 2. The van der Waals surface area contributed by atoms with Gasteiger partial charge in [-0.2, -0.15) is 4.98 Å². The molecular weight excluding hydrogens is 288 g/mol. The summed E-state index contributed by atoms with van der Waals surface area (Å²) in [5.41, 5.74) is 0.999. The highest BCUT2D eigenvalue weighted by Crippen LogP contribution is 2.31. The molecule has 1 unspecified atom stereocenters. The summed E-state index contributed by atoms with van der Waals surface area (Å²) in [6.07, 6.45) is 4.16. The fourth-order valence-corrected chi connectivity index (χ4v) is 3.73. The SMILES string of the molecule is Cc1cn2nc(N3CCCC(c4noc(C)n4)C3)sc2n1. The molecule has 1 saturated heterocycles. The zero-order valence-corrected chi connectivity index (χ0v) is 12.8. The lowest BCUT2D eigenvalue weighted by atomic mass is 9.98. The maximum atomic E-state index is 5.10. The number of fused-ring (bicyclic) bond motifs is 1. The Kier molecular flexibility index (Phi) is 2.91. The fraction of sp³-hybridized carbons (Fsp3) is 0.538. The molecule has 0 bridgehead atoms. The summed E-state index contributed by atoms with van der Waals surface area (Å²) >= 11 is 1.63. The Morgan fingerprint density at radius 3 is 3.00 bits per heavy atom. The van der Waals surface area contributed by atoms with Crippen LogP contribution in [0.25, 0.3) is 4.96 Å². The summed E-state index contributed by atoms with van der Waals surface area (Å²) in [4.78, 5) is 12.1. The minimum atomic E-state index is 0.314. The Balaban J connectivity index is 1.58. The molecule has 4 heterocycles. The van der Waals surface area contributed by atoms with Crippen LogP contribution in [0.1, 0.15) is 36.2 Å². The normalized spacial score (nSPS) is 19.5. The Morgan fingerprint density at radius 2 is 2.24 bits per heavy atom. The summed E-state index contributed by atoms with van der Waals surface area (Å²) < 4.78 is 6.96. The number of piperidine rings is 1. The van der Waals surface area contributed by atoms with Crippen LogP contribution in [0, 0.1) is 13.8 Å². The van der Waals surface area contributed by atoms with E-state index >= 15 is 0 Å². The summed E-state index contributed by atoms with van der Waals surface area (Å²) in [5.74, 6) is 1.76. The molecule has 110 valence electrons. The lowest BCUT2D eigenvalue weighted by Crippen LogP contribution is -2.34. The third-order valence-electron chi connectivity index (χ3n) is 3.75. The molecule has 0 saturated carbocycles. The summed E-state index contributed by atoms with van der Waals surface area (Å²) in [6.45, 7) is 5.71. The number of anilines is 1.